The van der Waals surface area contributed by atoms with Gasteiger partial charge in [0.15, 0.2) is 5.75 Å². The maximum Gasteiger partial charge on any atom is 0.167 e. The van der Waals surface area contributed by atoms with Crippen molar-refractivity contribution in [2.75, 3.05) is 5.73 Å². The second-order valence-corrected chi connectivity index (χ2v) is 5.39. The Kier molecular flexibility index (Phi) is 3.88. The minimum absolute atomic E-state index is 0.497. The van der Waals surface area contributed by atoms with Crippen molar-refractivity contribution in [2.45, 2.75) is 0 Å². The van der Waals surface area contributed by atoms with Crippen LogP contribution in [0.1, 0.15) is 0 Å². The van der Waals surface area contributed by atoms with Crippen molar-refractivity contribution in [3.05, 3.63) is 71.5 Å². The van der Waals surface area contributed by atoms with Gasteiger partial charge in [-0.1, -0.05) is 42.5 Å². The first-order valence-electron chi connectivity index (χ1n) is 6.46. The smallest absolute Gasteiger partial charge is 0.167 e. The molecule has 0 bridgehead atoms. The highest BCUT2D eigenvalue weighted by molar-refractivity contribution is 9.10. The molecule has 0 atom stereocenters. The van der Waals surface area contributed by atoms with Crippen molar-refractivity contribution in [3.63, 3.8) is 0 Å². The number of rotatable bonds is 3. The number of anilines is 1. The summed E-state index contributed by atoms with van der Waals surface area (Å²) in [7, 11) is 0. The Balaban J connectivity index is 1.85. The fraction of sp³-hybridized carbons (Fsp3) is 0. The lowest BCUT2D eigenvalue weighted by Gasteiger charge is -2.10. The molecule has 0 radical (unpaired) electrons. The number of hydrogen-bond acceptors (Lipinski definition) is 3. The predicted molar refractivity (Wildman–Crippen MR) is 88.3 cm³/mol. The Morgan fingerprint density at radius 3 is 2.19 bits per heavy atom. The topological polar surface area (TPSA) is 48.1 Å². The van der Waals surface area contributed by atoms with Crippen LogP contribution in [0, 0.1) is 0 Å². The number of benzene rings is 2. The van der Waals surface area contributed by atoms with Crippen molar-refractivity contribution in [2.24, 2.45) is 0 Å². The normalized spacial score (nSPS) is 10.3. The third-order valence-corrected chi connectivity index (χ3v) is 3.63. The van der Waals surface area contributed by atoms with Crippen LogP contribution in [0.5, 0.6) is 11.5 Å². The van der Waals surface area contributed by atoms with Gasteiger partial charge in [0.1, 0.15) is 5.75 Å². The number of ether oxygens (including phenoxy) is 1. The summed E-state index contributed by atoms with van der Waals surface area (Å²) in [6, 6.07) is 18.1. The van der Waals surface area contributed by atoms with Crippen LogP contribution in [-0.4, -0.2) is 4.98 Å². The van der Waals surface area contributed by atoms with Crippen molar-refractivity contribution < 1.29 is 4.74 Å². The maximum absolute atomic E-state index is 5.87. The van der Waals surface area contributed by atoms with E-state index in [1.165, 1.54) is 5.56 Å². The van der Waals surface area contributed by atoms with Crippen molar-refractivity contribution in [3.8, 4) is 22.6 Å². The van der Waals surface area contributed by atoms with Gasteiger partial charge in [0, 0.05) is 6.20 Å². The van der Waals surface area contributed by atoms with E-state index in [4.69, 9.17) is 10.5 Å². The third kappa shape index (κ3) is 3.06. The van der Waals surface area contributed by atoms with Crippen LogP contribution in [0.25, 0.3) is 11.1 Å². The Labute approximate surface area is 131 Å². The summed E-state index contributed by atoms with van der Waals surface area (Å²) < 4.78 is 6.55. The summed E-state index contributed by atoms with van der Waals surface area (Å²) in [6.07, 6.45) is 3.22. The predicted octanol–water partition coefficient (Wildman–Crippen LogP) is 4.89. The van der Waals surface area contributed by atoms with Crippen LogP contribution >= 0.6 is 15.9 Å². The van der Waals surface area contributed by atoms with Crippen LogP contribution < -0.4 is 10.5 Å². The molecule has 21 heavy (non-hydrogen) atoms. The van der Waals surface area contributed by atoms with Gasteiger partial charge < -0.3 is 10.5 Å². The van der Waals surface area contributed by atoms with Crippen molar-refractivity contribution >= 4 is 21.6 Å². The molecule has 0 saturated heterocycles. The summed E-state index contributed by atoms with van der Waals surface area (Å²) >= 11 is 3.39. The Morgan fingerprint density at radius 2 is 1.52 bits per heavy atom. The monoisotopic (exact) mass is 340 g/mol. The van der Waals surface area contributed by atoms with Gasteiger partial charge in [-0.05, 0) is 39.2 Å². The molecule has 2 aromatic carbocycles. The van der Waals surface area contributed by atoms with E-state index in [1.807, 2.05) is 42.5 Å². The second-order valence-electron chi connectivity index (χ2n) is 4.53. The first kappa shape index (κ1) is 13.6. The molecule has 1 heterocycles. The fourth-order valence-corrected chi connectivity index (χ4v) is 2.44. The first-order chi connectivity index (χ1) is 10.2. The lowest BCUT2D eigenvalue weighted by atomic mass is 10.1. The molecule has 104 valence electrons. The molecule has 4 heteroatoms. The van der Waals surface area contributed by atoms with Crippen LogP contribution in [-0.2, 0) is 0 Å². The molecule has 1 aromatic heterocycles. The first-order valence-corrected chi connectivity index (χ1v) is 7.25. The summed E-state index contributed by atoms with van der Waals surface area (Å²) in [6.45, 7) is 0. The van der Waals surface area contributed by atoms with E-state index in [0.29, 0.717) is 11.4 Å². The molecule has 3 nitrogen and oxygen atoms in total. The van der Waals surface area contributed by atoms with Gasteiger partial charge in [-0.15, -0.1) is 0 Å². The van der Waals surface area contributed by atoms with E-state index in [-0.39, 0.29) is 0 Å². The summed E-state index contributed by atoms with van der Waals surface area (Å²) in [5.41, 5.74) is 8.69. The van der Waals surface area contributed by atoms with Gasteiger partial charge in [-0.2, -0.15) is 0 Å². The number of pyridine rings is 1. The molecule has 0 aliphatic heterocycles. The largest absolute Gasteiger partial charge is 0.454 e. The van der Waals surface area contributed by atoms with E-state index >= 15 is 0 Å². The number of hydrogen-bond donors (Lipinski definition) is 1. The van der Waals surface area contributed by atoms with Gasteiger partial charge in [-0.3, -0.25) is 4.98 Å². The van der Waals surface area contributed by atoms with Crippen molar-refractivity contribution in [1.29, 1.82) is 0 Å². The van der Waals surface area contributed by atoms with Crippen LogP contribution in [0.2, 0.25) is 0 Å². The summed E-state index contributed by atoms with van der Waals surface area (Å²) in [5.74, 6) is 1.31. The van der Waals surface area contributed by atoms with E-state index in [2.05, 4.69) is 33.0 Å². The lowest BCUT2D eigenvalue weighted by Crippen LogP contribution is -1.94. The summed E-state index contributed by atoms with van der Waals surface area (Å²) in [4.78, 5) is 3.99. The molecule has 2 N–H and O–H groups in total. The molecule has 3 rings (SSSR count). The minimum atomic E-state index is 0.497. The molecule has 0 amide bonds. The van der Waals surface area contributed by atoms with Gasteiger partial charge in [0.05, 0.1) is 16.4 Å². The highest BCUT2D eigenvalue weighted by Gasteiger charge is 2.07. The maximum atomic E-state index is 5.87. The number of nitrogens with two attached hydrogens (primary N) is 1. The SMILES string of the molecule is Nc1cncc(Br)c1Oc1ccc(-c2ccccc2)cc1. The highest BCUT2D eigenvalue weighted by atomic mass is 79.9. The van der Waals surface area contributed by atoms with Crippen LogP contribution in [0.3, 0.4) is 0 Å². The number of aromatic nitrogens is 1. The Bertz CT molecular complexity index is 722. The minimum Gasteiger partial charge on any atom is -0.454 e. The molecule has 0 spiro atoms. The highest BCUT2D eigenvalue weighted by Crippen LogP contribution is 2.34. The van der Waals surface area contributed by atoms with E-state index in [0.717, 1.165) is 15.8 Å². The third-order valence-electron chi connectivity index (χ3n) is 3.06. The Morgan fingerprint density at radius 1 is 0.857 bits per heavy atom. The molecular formula is C17H13BrN2O. The lowest BCUT2D eigenvalue weighted by molar-refractivity contribution is 0.481. The molecular weight excluding hydrogens is 328 g/mol. The molecule has 0 fully saturated rings. The van der Waals surface area contributed by atoms with Gasteiger partial charge >= 0.3 is 0 Å². The Hall–Kier alpha value is -2.33. The molecule has 0 aliphatic carbocycles. The fourth-order valence-electron chi connectivity index (χ4n) is 2.01. The molecule has 0 aliphatic rings. The zero-order chi connectivity index (χ0) is 14.7. The van der Waals surface area contributed by atoms with E-state index in [1.54, 1.807) is 12.4 Å². The molecule has 0 unspecified atom stereocenters. The summed E-state index contributed by atoms with van der Waals surface area (Å²) in [5, 5.41) is 0. The van der Waals surface area contributed by atoms with Gasteiger partial charge in [0.2, 0.25) is 0 Å². The average Bonchev–Trinajstić information content (AvgIpc) is 2.53. The van der Waals surface area contributed by atoms with Crippen molar-refractivity contribution in [1.82, 2.24) is 4.98 Å². The van der Waals surface area contributed by atoms with E-state index in [9.17, 15) is 0 Å². The number of nitrogens with zero attached hydrogens (tertiary/aromatic N) is 1. The van der Waals surface area contributed by atoms with E-state index < -0.39 is 0 Å². The van der Waals surface area contributed by atoms with Gasteiger partial charge in [0.25, 0.3) is 0 Å². The molecule has 3 aromatic rings. The quantitative estimate of drug-likeness (QED) is 0.738. The average molecular weight is 341 g/mol. The zero-order valence-electron chi connectivity index (χ0n) is 11.2. The zero-order valence-corrected chi connectivity index (χ0v) is 12.7. The number of halogens is 1. The van der Waals surface area contributed by atoms with Crippen LogP contribution in [0.15, 0.2) is 71.5 Å². The van der Waals surface area contributed by atoms with Crippen LogP contribution in [0.4, 0.5) is 5.69 Å². The second kappa shape index (κ2) is 5.97. The number of nitrogen functional groups attached to an aromatic ring is 1. The molecule has 0 saturated carbocycles. The standard InChI is InChI=1S/C17H13BrN2O/c18-15-10-20-11-16(19)17(15)21-14-8-6-13(7-9-14)12-4-2-1-3-5-12/h1-11H,19H2. The van der Waals surface area contributed by atoms with Gasteiger partial charge in [-0.25, -0.2) is 0 Å².